The maximum absolute atomic E-state index is 11.0. The van der Waals surface area contributed by atoms with Crippen LogP contribution in [0.1, 0.15) is 29.1 Å². The topological polar surface area (TPSA) is 40.5 Å². The number of halogens is 1. The highest BCUT2D eigenvalue weighted by atomic mass is 35.5. The van der Waals surface area contributed by atoms with Crippen LogP contribution < -0.4 is 4.90 Å². The molecule has 106 valence electrons. The number of hydrogen-bond donors (Lipinski definition) is 1. The van der Waals surface area contributed by atoms with E-state index >= 15 is 0 Å². The minimum atomic E-state index is -0.965. The van der Waals surface area contributed by atoms with E-state index in [1.807, 2.05) is 11.4 Å². The van der Waals surface area contributed by atoms with E-state index in [0.717, 1.165) is 12.2 Å². The Labute approximate surface area is 127 Å². The zero-order valence-electron chi connectivity index (χ0n) is 11.3. The average molecular weight is 310 g/mol. The van der Waals surface area contributed by atoms with Gasteiger partial charge in [-0.2, -0.15) is 0 Å². The molecule has 0 radical (unpaired) electrons. The Balaban J connectivity index is 2.32. The highest BCUT2D eigenvalue weighted by Gasteiger charge is 2.16. The number of nitrogens with zero attached hydrogens (tertiary/aromatic N) is 1. The summed E-state index contributed by atoms with van der Waals surface area (Å²) in [6.07, 6.45) is 0. The number of benzene rings is 1. The van der Waals surface area contributed by atoms with Gasteiger partial charge in [0.25, 0.3) is 0 Å². The van der Waals surface area contributed by atoms with E-state index in [2.05, 4.69) is 24.8 Å². The molecule has 0 spiro atoms. The van der Waals surface area contributed by atoms with Gasteiger partial charge in [0.15, 0.2) is 0 Å². The van der Waals surface area contributed by atoms with Crippen LogP contribution in [0.2, 0.25) is 5.02 Å². The molecule has 0 aliphatic rings. The van der Waals surface area contributed by atoms with Crippen LogP contribution in [0, 0.1) is 0 Å². The lowest BCUT2D eigenvalue weighted by Crippen LogP contribution is -2.30. The average Bonchev–Trinajstić information content (AvgIpc) is 2.89. The second-order valence-corrected chi connectivity index (χ2v) is 6.21. The first kappa shape index (κ1) is 14.9. The van der Waals surface area contributed by atoms with Crippen LogP contribution in [0.4, 0.5) is 5.69 Å². The van der Waals surface area contributed by atoms with Crippen molar-refractivity contribution in [3.63, 3.8) is 0 Å². The van der Waals surface area contributed by atoms with Crippen molar-refractivity contribution >= 4 is 34.6 Å². The quantitative estimate of drug-likeness (QED) is 0.883. The third-order valence-electron chi connectivity index (χ3n) is 3.03. The van der Waals surface area contributed by atoms with Crippen LogP contribution in [-0.4, -0.2) is 17.1 Å². The van der Waals surface area contributed by atoms with Crippen molar-refractivity contribution in [2.24, 2.45) is 0 Å². The van der Waals surface area contributed by atoms with E-state index in [-0.39, 0.29) is 11.6 Å². The molecule has 2 aromatic rings. The molecule has 1 heterocycles. The largest absolute Gasteiger partial charge is 0.478 e. The standard InChI is InChI=1S/C15H16ClNO2S/c1-10(2)17(9-12-4-3-7-20-12)14-6-5-11(15(18)19)8-13(14)16/h3-8,10H,9H2,1-2H3,(H,18,19). The lowest BCUT2D eigenvalue weighted by atomic mass is 10.1. The fourth-order valence-corrected chi connectivity index (χ4v) is 2.98. The first-order chi connectivity index (χ1) is 9.49. The van der Waals surface area contributed by atoms with Crippen LogP contribution in [0.3, 0.4) is 0 Å². The summed E-state index contributed by atoms with van der Waals surface area (Å²) in [6, 6.07) is 9.24. The Bertz CT molecular complexity index is 596. The molecule has 0 aliphatic carbocycles. The molecular weight excluding hydrogens is 294 g/mol. The van der Waals surface area contributed by atoms with Gasteiger partial charge in [-0.05, 0) is 43.5 Å². The van der Waals surface area contributed by atoms with E-state index in [9.17, 15) is 4.79 Å². The summed E-state index contributed by atoms with van der Waals surface area (Å²) in [6.45, 7) is 4.95. The smallest absolute Gasteiger partial charge is 0.335 e. The summed E-state index contributed by atoms with van der Waals surface area (Å²) in [7, 11) is 0. The highest BCUT2D eigenvalue weighted by molar-refractivity contribution is 7.09. The molecule has 20 heavy (non-hydrogen) atoms. The van der Waals surface area contributed by atoms with Crippen LogP contribution in [0.25, 0.3) is 0 Å². The maximum Gasteiger partial charge on any atom is 0.335 e. The lowest BCUT2D eigenvalue weighted by Gasteiger charge is -2.29. The van der Waals surface area contributed by atoms with Crippen LogP contribution >= 0.6 is 22.9 Å². The summed E-state index contributed by atoms with van der Waals surface area (Å²) < 4.78 is 0. The number of carboxylic acid groups (broad SMARTS) is 1. The van der Waals surface area contributed by atoms with Crippen molar-refractivity contribution in [1.29, 1.82) is 0 Å². The Morgan fingerprint density at radius 2 is 2.15 bits per heavy atom. The molecule has 1 N–H and O–H groups in total. The molecule has 0 atom stereocenters. The van der Waals surface area contributed by atoms with E-state index in [1.165, 1.54) is 10.9 Å². The summed E-state index contributed by atoms with van der Waals surface area (Å²) in [5.41, 5.74) is 1.07. The first-order valence-electron chi connectivity index (χ1n) is 6.31. The van der Waals surface area contributed by atoms with E-state index in [0.29, 0.717) is 5.02 Å². The normalized spacial score (nSPS) is 10.8. The molecule has 1 aromatic carbocycles. The molecule has 0 saturated carbocycles. The fourth-order valence-electron chi connectivity index (χ4n) is 1.99. The Morgan fingerprint density at radius 3 is 2.65 bits per heavy atom. The summed E-state index contributed by atoms with van der Waals surface area (Å²) in [4.78, 5) is 14.4. The third-order valence-corrected chi connectivity index (χ3v) is 4.20. The maximum atomic E-state index is 11.0. The van der Waals surface area contributed by atoms with Crippen LogP contribution in [-0.2, 0) is 6.54 Å². The molecule has 3 nitrogen and oxygen atoms in total. The molecule has 0 saturated heterocycles. The monoisotopic (exact) mass is 309 g/mol. The minimum Gasteiger partial charge on any atom is -0.478 e. The van der Waals surface area contributed by atoms with Gasteiger partial charge in [0.1, 0.15) is 0 Å². The van der Waals surface area contributed by atoms with Crippen molar-refractivity contribution in [3.8, 4) is 0 Å². The van der Waals surface area contributed by atoms with Crippen molar-refractivity contribution in [2.75, 3.05) is 4.90 Å². The van der Waals surface area contributed by atoms with Crippen molar-refractivity contribution < 1.29 is 9.90 Å². The van der Waals surface area contributed by atoms with Gasteiger partial charge in [0.2, 0.25) is 0 Å². The first-order valence-corrected chi connectivity index (χ1v) is 7.56. The van der Waals surface area contributed by atoms with Gasteiger partial charge in [0.05, 0.1) is 22.8 Å². The summed E-state index contributed by atoms with van der Waals surface area (Å²) in [5, 5.41) is 11.5. The van der Waals surface area contributed by atoms with Gasteiger partial charge in [-0.1, -0.05) is 17.7 Å². The number of carboxylic acids is 1. The molecular formula is C15H16ClNO2S. The molecule has 0 unspecified atom stereocenters. The summed E-state index contributed by atoms with van der Waals surface area (Å²) in [5.74, 6) is -0.965. The van der Waals surface area contributed by atoms with E-state index < -0.39 is 5.97 Å². The third kappa shape index (κ3) is 3.32. The zero-order chi connectivity index (χ0) is 14.7. The molecule has 0 amide bonds. The highest BCUT2D eigenvalue weighted by Crippen LogP contribution is 2.30. The van der Waals surface area contributed by atoms with Gasteiger partial charge in [-0.15, -0.1) is 11.3 Å². The van der Waals surface area contributed by atoms with Crippen LogP contribution in [0.15, 0.2) is 35.7 Å². The molecule has 1 aromatic heterocycles. The van der Waals surface area contributed by atoms with Gasteiger partial charge in [0, 0.05) is 10.9 Å². The number of rotatable bonds is 5. The lowest BCUT2D eigenvalue weighted by molar-refractivity contribution is 0.0697. The van der Waals surface area contributed by atoms with Gasteiger partial charge < -0.3 is 10.0 Å². The number of anilines is 1. The Morgan fingerprint density at radius 1 is 1.40 bits per heavy atom. The zero-order valence-corrected chi connectivity index (χ0v) is 12.9. The van der Waals surface area contributed by atoms with Crippen molar-refractivity contribution in [3.05, 3.63) is 51.2 Å². The van der Waals surface area contributed by atoms with Gasteiger partial charge in [-0.3, -0.25) is 0 Å². The minimum absolute atomic E-state index is 0.207. The second kappa shape index (κ2) is 6.29. The molecule has 0 fully saturated rings. The number of thiophene rings is 1. The van der Waals surface area contributed by atoms with Gasteiger partial charge in [-0.25, -0.2) is 4.79 Å². The summed E-state index contributed by atoms with van der Waals surface area (Å²) >= 11 is 7.95. The van der Waals surface area contributed by atoms with E-state index in [1.54, 1.807) is 23.5 Å². The van der Waals surface area contributed by atoms with Crippen molar-refractivity contribution in [2.45, 2.75) is 26.4 Å². The molecule has 0 aliphatic heterocycles. The SMILES string of the molecule is CC(C)N(Cc1cccs1)c1ccc(C(=O)O)cc1Cl. The molecule has 2 rings (SSSR count). The van der Waals surface area contributed by atoms with E-state index in [4.69, 9.17) is 16.7 Å². The Kier molecular flexibility index (Phi) is 4.68. The second-order valence-electron chi connectivity index (χ2n) is 4.77. The predicted octanol–water partition coefficient (Wildman–Crippen LogP) is 4.51. The van der Waals surface area contributed by atoms with Crippen molar-refractivity contribution in [1.82, 2.24) is 0 Å². The molecule has 5 heteroatoms. The number of aromatic carboxylic acids is 1. The number of hydrogen-bond acceptors (Lipinski definition) is 3. The van der Waals surface area contributed by atoms with Crippen LogP contribution in [0.5, 0.6) is 0 Å². The van der Waals surface area contributed by atoms with Gasteiger partial charge >= 0.3 is 5.97 Å². The Hall–Kier alpha value is -1.52. The number of carbonyl (C=O) groups is 1. The fraction of sp³-hybridized carbons (Fsp3) is 0.267. The molecule has 0 bridgehead atoms. The predicted molar refractivity (Wildman–Crippen MR) is 84.0 cm³/mol.